The lowest BCUT2D eigenvalue weighted by atomic mass is 10.1. The minimum Gasteiger partial charge on any atom is -0.345 e. The van der Waals surface area contributed by atoms with Crippen LogP contribution < -0.4 is 0 Å². The number of nitrogens with zero attached hydrogens (tertiary/aromatic N) is 3. The van der Waals surface area contributed by atoms with Gasteiger partial charge in [-0.15, -0.1) is 0 Å². The first kappa shape index (κ1) is 26.9. The number of halogens is 1. The predicted molar refractivity (Wildman–Crippen MR) is 148 cm³/mol. The van der Waals surface area contributed by atoms with Gasteiger partial charge < -0.3 is 14.4 Å². The first-order chi connectivity index (χ1) is 18.3. The summed E-state index contributed by atoms with van der Waals surface area (Å²) in [5.41, 5.74) is 4.44. The van der Waals surface area contributed by atoms with Crippen molar-refractivity contribution in [2.24, 2.45) is 0 Å². The molecule has 0 saturated carbocycles. The van der Waals surface area contributed by atoms with Crippen LogP contribution in [0.25, 0.3) is 0 Å². The highest BCUT2D eigenvalue weighted by molar-refractivity contribution is 5.97. The Bertz CT molecular complexity index is 1360. The van der Waals surface area contributed by atoms with Crippen molar-refractivity contribution in [3.05, 3.63) is 131 Å². The number of carbonyl (C=O) groups excluding carboxylic acids is 2. The summed E-state index contributed by atoms with van der Waals surface area (Å²) in [6, 6.07) is 27.6. The van der Waals surface area contributed by atoms with Gasteiger partial charge in [-0.3, -0.25) is 9.59 Å². The molecule has 0 saturated heterocycles. The van der Waals surface area contributed by atoms with Crippen LogP contribution >= 0.6 is 0 Å². The van der Waals surface area contributed by atoms with Gasteiger partial charge >= 0.3 is 0 Å². The van der Waals surface area contributed by atoms with Gasteiger partial charge in [-0.05, 0) is 67.8 Å². The van der Waals surface area contributed by atoms with E-state index in [1.165, 1.54) is 12.1 Å². The third-order valence-corrected chi connectivity index (χ3v) is 6.68. The van der Waals surface area contributed by atoms with Gasteiger partial charge in [0.05, 0.1) is 6.54 Å². The summed E-state index contributed by atoms with van der Waals surface area (Å²) in [4.78, 5) is 30.7. The number of benzene rings is 3. The third kappa shape index (κ3) is 6.76. The van der Waals surface area contributed by atoms with Crippen LogP contribution in [-0.2, 0) is 24.4 Å². The van der Waals surface area contributed by atoms with E-state index in [1.54, 1.807) is 21.9 Å². The van der Waals surface area contributed by atoms with E-state index < -0.39 is 0 Å². The summed E-state index contributed by atoms with van der Waals surface area (Å²) in [6.07, 6.45) is 1.96. The number of hydrogen-bond acceptors (Lipinski definition) is 2. The first-order valence-electron chi connectivity index (χ1n) is 12.9. The van der Waals surface area contributed by atoms with E-state index in [9.17, 15) is 14.0 Å². The summed E-state index contributed by atoms with van der Waals surface area (Å²) in [5, 5.41) is 0. The molecule has 1 aromatic heterocycles. The molecule has 0 aliphatic heterocycles. The molecule has 4 aromatic rings. The number of hydrogen-bond donors (Lipinski definition) is 0. The number of aromatic nitrogens is 1. The molecule has 4 rings (SSSR count). The Balaban J connectivity index is 1.57. The quantitative estimate of drug-likeness (QED) is 0.260. The second-order valence-corrected chi connectivity index (χ2v) is 9.83. The standard InChI is InChI=1S/C32H34FN3O2/c1-24(2)36(32(38)30-14-8-7-10-25(30)3)23-31(37)35(21-26-11-5-4-6-12-26)22-29-13-9-19-34(29)20-27-15-17-28(33)18-16-27/h4-19,24H,20-23H2,1-3H3. The van der Waals surface area contributed by atoms with Crippen LogP contribution in [0.2, 0.25) is 0 Å². The summed E-state index contributed by atoms with van der Waals surface area (Å²) < 4.78 is 15.4. The van der Waals surface area contributed by atoms with Crippen molar-refractivity contribution in [2.45, 2.75) is 46.4 Å². The van der Waals surface area contributed by atoms with E-state index in [0.717, 1.165) is 22.4 Å². The molecule has 3 aromatic carbocycles. The highest BCUT2D eigenvalue weighted by Crippen LogP contribution is 2.17. The molecule has 0 aliphatic carbocycles. The molecule has 0 spiro atoms. The molecule has 196 valence electrons. The molecule has 0 N–H and O–H groups in total. The fraction of sp³-hybridized carbons (Fsp3) is 0.250. The molecule has 0 bridgehead atoms. The van der Waals surface area contributed by atoms with E-state index in [1.807, 2.05) is 93.7 Å². The van der Waals surface area contributed by atoms with Gasteiger partial charge in [-0.2, -0.15) is 0 Å². The SMILES string of the molecule is Cc1ccccc1C(=O)N(CC(=O)N(Cc1ccccc1)Cc1cccn1Cc1ccc(F)cc1)C(C)C. The van der Waals surface area contributed by atoms with E-state index in [0.29, 0.717) is 25.2 Å². The highest BCUT2D eigenvalue weighted by atomic mass is 19.1. The van der Waals surface area contributed by atoms with Gasteiger partial charge in [-0.25, -0.2) is 4.39 Å². The number of aryl methyl sites for hydroxylation is 1. The van der Waals surface area contributed by atoms with Crippen molar-refractivity contribution in [2.75, 3.05) is 6.54 Å². The van der Waals surface area contributed by atoms with Gasteiger partial charge in [0.1, 0.15) is 12.4 Å². The van der Waals surface area contributed by atoms with E-state index in [4.69, 9.17) is 0 Å². The molecule has 0 atom stereocenters. The lowest BCUT2D eigenvalue weighted by Gasteiger charge is -2.31. The second kappa shape index (κ2) is 12.4. The largest absolute Gasteiger partial charge is 0.345 e. The maximum atomic E-state index is 13.8. The Morgan fingerprint density at radius 1 is 0.816 bits per heavy atom. The third-order valence-electron chi connectivity index (χ3n) is 6.68. The van der Waals surface area contributed by atoms with Crippen molar-refractivity contribution in [3.63, 3.8) is 0 Å². The Kier molecular flexibility index (Phi) is 8.74. The lowest BCUT2D eigenvalue weighted by Crippen LogP contribution is -2.45. The van der Waals surface area contributed by atoms with Gasteiger partial charge in [0.15, 0.2) is 0 Å². The number of carbonyl (C=O) groups is 2. The molecule has 0 unspecified atom stereocenters. The zero-order chi connectivity index (χ0) is 27.1. The normalized spacial score (nSPS) is 11.0. The maximum absolute atomic E-state index is 13.8. The van der Waals surface area contributed by atoms with E-state index >= 15 is 0 Å². The molecule has 38 heavy (non-hydrogen) atoms. The topological polar surface area (TPSA) is 45.6 Å². The molecule has 1 heterocycles. The summed E-state index contributed by atoms with van der Waals surface area (Å²) in [7, 11) is 0. The van der Waals surface area contributed by atoms with Crippen LogP contribution in [0.4, 0.5) is 4.39 Å². The summed E-state index contributed by atoms with van der Waals surface area (Å²) in [6.45, 7) is 7.12. The Morgan fingerprint density at radius 3 is 2.18 bits per heavy atom. The zero-order valence-corrected chi connectivity index (χ0v) is 22.2. The first-order valence-corrected chi connectivity index (χ1v) is 12.9. The van der Waals surface area contributed by atoms with Crippen molar-refractivity contribution in [1.29, 1.82) is 0 Å². The molecule has 6 heteroatoms. The van der Waals surface area contributed by atoms with Gasteiger partial charge in [0, 0.05) is 36.6 Å². The van der Waals surface area contributed by atoms with Crippen molar-refractivity contribution >= 4 is 11.8 Å². The predicted octanol–water partition coefficient (Wildman–Crippen LogP) is 6.06. The van der Waals surface area contributed by atoms with Crippen LogP contribution in [0.5, 0.6) is 0 Å². The van der Waals surface area contributed by atoms with Crippen molar-refractivity contribution < 1.29 is 14.0 Å². The fourth-order valence-corrected chi connectivity index (χ4v) is 4.47. The van der Waals surface area contributed by atoms with Crippen LogP contribution in [-0.4, -0.2) is 38.8 Å². The zero-order valence-electron chi connectivity index (χ0n) is 22.2. The number of rotatable bonds is 10. The van der Waals surface area contributed by atoms with Crippen LogP contribution in [0, 0.1) is 12.7 Å². The fourth-order valence-electron chi connectivity index (χ4n) is 4.47. The van der Waals surface area contributed by atoms with Gasteiger partial charge in [0.2, 0.25) is 5.91 Å². The molecule has 2 amide bonds. The molecular weight excluding hydrogens is 477 g/mol. The lowest BCUT2D eigenvalue weighted by molar-refractivity contribution is -0.133. The minimum absolute atomic E-state index is 0.0175. The molecule has 0 fully saturated rings. The average molecular weight is 512 g/mol. The molecule has 0 radical (unpaired) electrons. The maximum Gasteiger partial charge on any atom is 0.254 e. The minimum atomic E-state index is -0.268. The molecule has 0 aliphatic rings. The van der Waals surface area contributed by atoms with Crippen molar-refractivity contribution in [1.82, 2.24) is 14.4 Å². The second-order valence-electron chi connectivity index (χ2n) is 9.83. The van der Waals surface area contributed by atoms with Gasteiger partial charge in [0.25, 0.3) is 5.91 Å². The average Bonchev–Trinajstić information content (AvgIpc) is 3.34. The van der Waals surface area contributed by atoms with Gasteiger partial charge in [-0.1, -0.05) is 60.7 Å². The Labute approximate surface area is 224 Å². The smallest absolute Gasteiger partial charge is 0.254 e. The highest BCUT2D eigenvalue weighted by Gasteiger charge is 2.26. The van der Waals surface area contributed by atoms with Crippen LogP contribution in [0.1, 0.15) is 46.6 Å². The summed E-state index contributed by atoms with van der Waals surface area (Å²) in [5.74, 6) is -0.541. The monoisotopic (exact) mass is 511 g/mol. The molecule has 5 nitrogen and oxygen atoms in total. The number of amides is 2. The van der Waals surface area contributed by atoms with Crippen LogP contribution in [0.3, 0.4) is 0 Å². The van der Waals surface area contributed by atoms with E-state index in [2.05, 4.69) is 4.57 Å². The molecular formula is C32H34FN3O2. The Hall–Kier alpha value is -4.19. The Morgan fingerprint density at radius 2 is 1.50 bits per heavy atom. The van der Waals surface area contributed by atoms with Crippen molar-refractivity contribution in [3.8, 4) is 0 Å². The van der Waals surface area contributed by atoms with E-state index in [-0.39, 0.29) is 30.2 Å². The summed E-state index contributed by atoms with van der Waals surface area (Å²) >= 11 is 0. The van der Waals surface area contributed by atoms with Crippen LogP contribution in [0.15, 0.2) is 97.2 Å².